The number of unbranched alkanes of at least 4 members (excludes halogenated alkanes) is 1. The normalized spacial score (nSPS) is 15.5. The van der Waals surface area contributed by atoms with Crippen molar-refractivity contribution in [3.8, 4) is 6.07 Å². The van der Waals surface area contributed by atoms with Crippen LogP contribution in [0.25, 0.3) is 0 Å². The third kappa shape index (κ3) is 7.00. The Hall–Kier alpha value is -3.05. The van der Waals surface area contributed by atoms with Crippen molar-refractivity contribution >= 4 is 41.5 Å². The molecule has 166 valence electrons. The average Bonchev–Trinajstić information content (AvgIpc) is 2.71. The zero-order valence-electron chi connectivity index (χ0n) is 18.0. The summed E-state index contributed by atoms with van der Waals surface area (Å²) in [6.45, 7) is 5.31. The molecule has 0 bridgehead atoms. The molecule has 1 amide bonds. The van der Waals surface area contributed by atoms with Gasteiger partial charge in [-0.3, -0.25) is 4.79 Å². The Morgan fingerprint density at radius 3 is 2.84 bits per heavy atom. The lowest BCUT2D eigenvalue weighted by molar-refractivity contribution is -0.119. The number of nitrogens with two attached hydrogens (primary N) is 1. The minimum absolute atomic E-state index is 0. The Bertz CT molecular complexity index is 944. The number of aryl methyl sites for hydroxylation is 1. The van der Waals surface area contributed by atoms with Gasteiger partial charge in [0.25, 0.3) is 0 Å². The number of piperidine rings is 1. The summed E-state index contributed by atoms with van der Waals surface area (Å²) < 4.78 is 0. The van der Waals surface area contributed by atoms with Gasteiger partial charge in [-0.1, -0.05) is 13.3 Å². The predicted octanol–water partition coefficient (Wildman–Crippen LogP) is 3.54. The van der Waals surface area contributed by atoms with Crippen LogP contribution < -0.4 is 21.3 Å². The summed E-state index contributed by atoms with van der Waals surface area (Å²) in [5.74, 6) is 1.32. The molecule has 2 heterocycles. The molecule has 0 radical (unpaired) electrons. The Kier molecular flexibility index (Phi) is 8.88. The molecule has 1 saturated heterocycles. The molecule has 1 aliphatic rings. The van der Waals surface area contributed by atoms with E-state index in [4.69, 9.17) is 10.7 Å². The monoisotopic (exact) mass is 443 g/mol. The Morgan fingerprint density at radius 1 is 1.32 bits per heavy atom. The predicted molar refractivity (Wildman–Crippen MR) is 126 cm³/mol. The molecule has 1 aromatic carbocycles. The van der Waals surface area contributed by atoms with Crippen LogP contribution in [0, 0.1) is 11.3 Å². The molecule has 1 atom stereocenters. The number of nitriles is 1. The van der Waals surface area contributed by atoms with E-state index in [0.717, 1.165) is 56.7 Å². The van der Waals surface area contributed by atoms with E-state index in [1.807, 2.05) is 6.07 Å². The number of benzene rings is 1. The molecule has 31 heavy (non-hydrogen) atoms. The highest BCUT2D eigenvalue weighted by molar-refractivity contribution is 5.85. The lowest BCUT2D eigenvalue weighted by atomic mass is 10.1. The molecule has 9 heteroatoms. The third-order valence-corrected chi connectivity index (χ3v) is 5.05. The Labute approximate surface area is 189 Å². The van der Waals surface area contributed by atoms with Crippen molar-refractivity contribution in [3.63, 3.8) is 0 Å². The second kappa shape index (κ2) is 11.4. The number of nitrogens with zero attached hydrogens (tertiary/aromatic N) is 4. The molecule has 2 aromatic rings. The highest BCUT2D eigenvalue weighted by Gasteiger charge is 2.22. The first-order valence-electron chi connectivity index (χ1n) is 10.4. The van der Waals surface area contributed by atoms with Gasteiger partial charge in [0.15, 0.2) is 0 Å². The van der Waals surface area contributed by atoms with Gasteiger partial charge in [-0.2, -0.15) is 10.2 Å². The van der Waals surface area contributed by atoms with E-state index < -0.39 is 0 Å². The maximum absolute atomic E-state index is 11.5. The van der Waals surface area contributed by atoms with Crippen molar-refractivity contribution in [2.45, 2.75) is 52.0 Å². The number of rotatable bonds is 7. The van der Waals surface area contributed by atoms with Crippen LogP contribution in [0.4, 0.5) is 23.1 Å². The number of carbonyl (C=O) groups is 1. The molecule has 1 aliphatic heterocycles. The molecule has 1 unspecified atom stereocenters. The van der Waals surface area contributed by atoms with Crippen LogP contribution in [0.2, 0.25) is 0 Å². The first kappa shape index (κ1) is 24.2. The number of anilines is 4. The number of nitrogen functional groups attached to an aromatic ring is 1. The lowest BCUT2D eigenvalue weighted by Crippen LogP contribution is -2.47. The van der Waals surface area contributed by atoms with Gasteiger partial charge in [0.05, 0.1) is 11.6 Å². The Balaban J connectivity index is 0.00000341. The minimum Gasteiger partial charge on any atom is -0.399 e. The number of aromatic nitrogens is 2. The van der Waals surface area contributed by atoms with Gasteiger partial charge < -0.3 is 21.3 Å². The number of hydrogen-bond acceptors (Lipinski definition) is 7. The summed E-state index contributed by atoms with van der Waals surface area (Å²) in [6, 6.07) is 9.39. The second-order valence-electron chi connectivity index (χ2n) is 7.71. The van der Waals surface area contributed by atoms with E-state index in [0.29, 0.717) is 22.9 Å². The molecule has 1 fully saturated rings. The van der Waals surface area contributed by atoms with Gasteiger partial charge in [-0.25, -0.2) is 4.98 Å². The maximum Gasteiger partial charge on any atom is 0.229 e. The zero-order valence-corrected chi connectivity index (χ0v) is 18.8. The maximum atomic E-state index is 11.5. The summed E-state index contributed by atoms with van der Waals surface area (Å²) in [7, 11) is 0. The first-order chi connectivity index (χ1) is 14.5. The first-order valence-corrected chi connectivity index (χ1v) is 10.4. The summed E-state index contributed by atoms with van der Waals surface area (Å²) in [5, 5.41) is 15.4. The standard InChI is InChI=1S/C22H29N7O.ClH/c1-3-4-6-18-12-21(29-8-5-7-19(14-29)25-15(2)30)28-22(26-18)27-20-10-16(13-23)9-17(24)11-20;/h9-12,19H,3-8,14,24H2,1-2H3,(H,25,30)(H,26,27,28);1H. The van der Waals surface area contributed by atoms with Crippen LogP contribution >= 0.6 is 12.4 Å². The molecule has 0 saturated carbocycles. The molecule has 1 aromatic heterocycles. The molecule has 0 spiro atoms. The number of carbonyl (C=O) groups excluding carboxylic acids is 1. The number of halogens is 1. The molecular formula is C22H30ClN7O. The minimum atomic E-state index is -0.00880. The second-order valence-corrected chi connectivity index (χ2v) is 7.71. The number of nitrogens with one attached hydrogen (secondary N) is 2. The molecule has 0 aliphatic carbocycles. The van der Waals surface area contributed by atoms with Crippen LogP contribution in [0.3, 0.4) is 0 Å². The van der Waals surface area contributed by atoms with Crippen molar-refractivity contribution in [1.29, 1.82) is 5.26 Å². The summed E-state index contributed by atoms with van der Waals surface area (Å²) in [6.07, 6.45) is 4.94. The van der Waals surface area contributed by atoms with E-state index in [9.17, 15) is 10.1 Å². The average molecular weight is 444 g/mol. The van der Waals surface area contributed by atoms with Crippen molar-refractivity contribution < 1.29 is 4.79 Å². The van der Waals surface area contributed by atoms with Gasteiger partial charge in [0.2, 0.25) is 11.9 Å². The van der Waals surface area contributed by atoms with E-state index in [2.05, 4.69) is 33.5 Å². The highest BCUT2D eigenvalue weighted by atomic mass is 35.5. The van der Waals surface area contributed by atoms with Crippen LogP contribution in [0.5, 0.6) is 0 Å². The van der Waals surface area contributed by atoms with Gasteiger partial charge in [0.1, 0.15) is 5.82 Å². The van der Waals surface area contributed by atoms with Gasteiger partial charge in [-0.05, 0) is 43.9 Å². The molecular weight excluding hydrogens is 414 g/mol. The Morgan fingerprint density at radius 2 is 2.13 bits per heavy atom. The lowest BCUT2D eigenvalue weighted by Gasteiger charge is -2.34. The van der Waals surface area contributed by atoms with Crippen LogP contribution in [-0.2, 0) is 11.2 Å². The fraction of sp³-hybridized carbons (Fsp3) is 0.455. The fourth-order valence-electron chi connectivity index (χ4n) is 3.69. The summed E-state index contributed by atoms with van der Waals surface area (Å²) >= 11 is 0. The van der Waals surface area contributed by atoms with Crippen LogP contribution in [-0.4, -0.2) is 35.0 Å². The van der Waals surface area contributed by atoms with Crippen molar-refractivity contribution in [3.05, 3.63) is 35.5 Å². The SMILES string of the molecule is CCCCc1cc(N2CCCC(NC(C)=O)C2)nc(Nc2cc(N)cc(C#N)c2)n1.Cl. The van der Waals surface area contributed by atoms with E-state index in [1.165, 1.54) is 0 Å². The van der Waals surface area contributed by atoms with Crippen molar-refractivity contribution in [1.82, 2.24) is 15.3 Å². The highest BCUT2D eigenvalue weighted by Crippen LogP contribution is 2.24. The quantitative estimate of drug-likeness (QED) is 0.559. The van der Waals surface area contributed by atoms with Crippen LogP contribution in [0.15, 0.2) is 24.3 Å². The van der Waals surface area contributed by atoms with E-state index >= 15 is 0 Å². The molecule has 8 nitrogen and oxygen atoms in total. The van der Waals surface area contributed by atoms with Gasteiger partial charge >= 0.3 is 0 Å². The van der Waals surface area contributed by atoms with Crippen molar-refractivity contribution in [2.24, 2.45) is 0 Å². The van der Waals surface area contributed by atoms with E-state index in [-0.39, 0.29) is 24.4 Å². The van der Waals surface area contributed by atoms with Crippen LogP contribution in [0.1, 0.15) is 50.8 Å². The number of hydrogen-bond donors (Lipinski definition) is 3. The third-order valence-electron chi connectivity index (χ3n) is 5.05. The molecule has 4 N–H and O–H groups in total. The van der Waals surface area contributed by atoms with E-state index in [1.54, 1.807) is 25.1 Å². The molecule has 3 rings (SSSR count). The largest absolute Gasteiger partial charge is 0.399 e. The zero-order chi connectivity index (χ0) is 21.5. The van der Waals surface area contributed by atoms with Gasteiger partial charge in [0, 0.05) is 49.2 Å². The summed E-state index contributed by atoms with van der Waals surface area (Å²) in [4.78, 5) is 23.1. The van der Waals surface area contributed by atoms with Crippen molar-refractivity contribution in [2.75, 3.05) is 29.0 Å². The van der Waals surface area contributed by atoms with Gasteiger partial charge in [-0.15, -0.1) is 12.4 Å². The summed E-state index contributed by atoms with van der Waals surface area (Å²) in [5.41, 5.74) is 8.55. The smallest absolute Gasteiger partial charge is 0.229 e. The number of amides is 1. The fourth-order valence-corrected chi connectivity index (χ4v) is 3.69. The topological polar surface area (TPSA) is 120 Å².